The lowest BCUT2D eigenvalue weighted by molar-refractivity contribution is 0.408. The van der Waals surface area contributed by atoms with Crippen LogP contribution in [0.2, 0.25) is 0 Å². The Bertz CT molecular complexity index is 111. The summed E-state index contributed by atoms with van der Waals surface area (Å²) in [6.07, 6.45) is 7.00. The number of nitrogens with one attached hydrogen (secondary N) is 1. The van der Waals surface area contributed by atoms with Crippen molar-refractivity contribution in [2.45, 2.75) is 39.0 Å². The molecule has 1 aliphatic heterocycles. The summed E-state index contributed by atoms with van der Waals surface area (Å²) in [7, 11) is 0. The van der Waals surface area contributed by atoms with Crippen LogP contribution in [0.4, 0.5) is 0 Å². The molecule has 1 rings (SSSR count). The molecular weight excluding hydrogens is 178 g/mol. The van der Waals surface area contributed by atoms with Crippen molar-refractivity contribution in [3.05, 3.63) is 0 Å². The van der Waals surface area contributed by atoms with Gasteiger partial charge in [-0.1, -0.05) is 19.8 Å². The van der Waals surface area contributed by atoms with Gasteiger partial charge in [0.1, 0.15) is 0 Å². The van der Waals surface area contributed by atoms with Crippen LogP contribution in [-0.2, 0) is 0 Å². The van der Waals surface area contributed by atoms with Crippen LogP contribution >= 0.6 is 11.8 Å². The summed E-state index contributed by atoms with van der Waals surface area (Å²) in [6, 6.07) is 0. The van der Waals surface area contributed by atoms with E-state index < -0.39 is 0 Å². The van der Waals surface area contributed by atoms with Crippen LogP contribution in [0, 0.1) is 5.92 Å². The second-order valence-electron chi connectivity index (χ2n) is 3.98. The van der Waals surface area contributed by atoms with E-state index in [-0.39, 0.29) is 0 Å². The number of unbranched alkanes of at least 4 members (excludes halogenated alkanes) is 2. The number of hydrogen-bond acceptors (Lipinski definition) is 2. The number of piperidine rings is 1. The lowest BCUT2D eigenvalue weighted by atomic mass is 10.0. The molecule has 0 amide bonds. The van der Waals surface area contributed by atoms with Gasteiger partial charge in [-0.3, -0.25) is 0 Å². The van der Waals surface area contributed by atoms with E-state index in [0.717, 1.165) is 5.92 Å². The number of hydrogen-bond donors (Lipinski definition) is 1. The first-order chi connectivity index (χ1) is 6.43. The van der Waals surface area contributed by atoms with Crippen LogP contribution in [0.25, 0.3) is 0 Å². The second kappa shape index (κ2) is 7.69. The standard InChI is InChI=1S/C11H23NS/c1-2-3-4-9-13-10-11-5-7-12-8-6-11/h11-12H,2-10H2,1H3. The third-order valence-corrected chi connectivity index (χ3v) is 3.99. The molecular formula is C11H23NS. The van der Waals surface area contributed by atoms with Gasteiger partial charge in [0, 0.05) is 0 Å². The van der Waals surface area contributed by atoms with Crippen molar-refractivity contribution < 1.29 is 0 Å². The average molecular weight is 201 g/mol. The molecule has 1 fully saturated rings. The zero-order valence-electron chi connectivity index (χ0n) is 8.85. The Hall–Kier alpha value is 0.310. The summed E-state index contributed by atoms with van der Waals surface area (Å²) in [6.45, 7) is 4.78. The fourth-order valence-corrected chi connectivity index (χ4v) is 2.99. The van der Waals surface area contributed by atoms with Crippen LogP contribution in [0.15, 0.2) is 0 Å². The molecule has 1 N–H and O–H groups in total. The summed E-state index contributed by atoms with van der Waals surface area (Å²) in [5.74, 6) is 3.80. The Morgan fingerprint density at radius 2 is 2.00 bits per heavy atom. The van der Waals surface area contributed by atoms with Crippen molar-refractivity contribution in [2.24, 2.45) is 5.92 Å². The molecule has 0 aromatic carbocycles. The van der Waals surface area contributed by atoms with Gasteiger partial charge in [-0.2, -0.15) is 11.8 Å². The highest BCUT2D eigenvalue weighted by Gasteiger charge is 2.11. The van der Waals surface area contributed by atoms with Gasteiger partial charge in [-0.15, -0.1) is 0 Å². The second-order valence-corrected chi connectivity index (χ2v) is 5.13. The van der Waals surface area contributed by atoms with Crippen molar-refractivity contribution in [1.82, 2.24) is 5.32 Å². The third kappa shape index (κ3) is 5.58. The molecule has 0 aromatic heterocycles. The van der Waals surface area contributed by atoms with Gasteiger partial charge in [-0.05, 0) is 49.8 Å². The van der Waals surface area contributed by atoms with E-state index in [4.69, 9.17) is 0 Å². The maximum atomic E-state index is 3.42. The van der Waals surface area contributed by atoms with Gasteiger partial charge in [0.05, 0.1) is 0 Å². The fraction of sp³-hybridized carbons (Fsp3) is 1.00. The lowest BCUT2D eigenvalue weighted by Crippen LogP contribution is -2.28. The topological polar surface area (TPSA) is 12.0 Å². The minimum absolute atomic E-state index is 1.01. The third-order valence-electron chi connectivity index (χ3n) is 2.70. The molecule has 0 aliphatic carbocycles. The Kier molecular flexibility index (Phi) is 6.73. The maximum absolute atomic E-state index is 3.42. The molecule has 2 heteroatoms. The van der Waals surface area contributed by atoms with Crippen LogP contribution in [0.5, 0.6) is 0 Å². The largest absolute Gasteiger partial charge is 0.317 e. The van der Waals surface area contributed by atoms with Gasteiger partial charge in [0.25, 0.3) is 0 Å². The summed E-state index contributed by atoms with van der Waals surface area (Å²) >= 11 is 2.17. The van der Waals surface area contributed by atoms with E-state index in [0.29, 0.717) is 0 Å². The van der Waals surface area contributed by atoms with Crippen molar-refractivity contribution in [2.75, 3.05) is 24.6 Å². The summed E-state index contributed by atoms with van der Waals surface area (Å²) < 4.78 is 0. The Labute approximate surface area is 87.1 Å². The smallest absolute Gasteiger partial charge is 0.00382 e. The number of rotatable bonds is 6. The molecule has 1 heterocycles. The number of thioether (sulfide) groups is 1. The Morgan fingerprint density at radius 1 is 1.23 bits per heavy atom. The molecule has 0 aromatic rings. The Morgan fingerprint density at radius 3 is 2.69 bits per heavy atom. The monoisotopic (exact) mass is 201 g/mol. The first-order valence-corrected chi connectivity index (χ1v) is 6.87. The molecule has 0 atom stereocenters. The van der Waals surface area contributed by atoms with Crippen LogP contribution < -0.4 is 5.32 Å². The predicted molar refractivity (Wildman–Crippen MR) is 62.4 cm³/mol. The summed E-state index contributed by atoms with van der Waals surface area (Å²) in [5, 5.41) is 3.42. The quantitative estimate of drug-likeness (QED) is 0.663. The normalized spacial score (nSPS) is 19.2. The van der Waals surface area contributed by atoms with Crippen molar-refractivity contribution >= 4 is 11.8 Å². The minimum atomic E-state index is 1.01. The van der Waals surface area contributed by atoms with E-state index in [1.807, 2.05) is 0 Å². The van der Waals surface area contributed by atoms with Crippen molar-refractivity contribution in [1.29, 1.82) is 0 Å². The molecule has 1 aliphatic rings. The van der Waals surface area contributed by atoms with Crippen LogP contribution in [0.3, 0.4) is 0 Å². The summed E-state index contributed by atoms with van der Waals surface area (Å²) in [5.41, 5.74) is 0. The van der Waals surface area contributed by atoms with Crippen LogP contribution in [0.1, 0.15) is 39.0 Å². The average Bonchev–Trinajstić information content (AvgIpc) is 2.19. The maximum Gasteiger partial charge on any atom is -0.00382 e. The van der Waals surface area contributed by atoms with Gasteiger partial charge in [-0.25, -0.2) is 0 Å². The van der Waals surface area contributed by atoms with E-state index in [9.17, 15) is 0 Å². The molecule has 0 radical (unpaired) electrons. The first-order valence-electron chi connectivity index (χ1n) is 5.72. The molecule has 1 saturated heterocycles. The van der Waals surface area contributed by atoms with Crippen molar-refractivity contribution in [3.63, 3.8) is 0 Å². The molecule has 13 heavy (non-hydrogen) atoms. The minimum Gasteiger partial charge on any atom is -0.317 e. The SMILES string of the molecule is CCCCCSCC1CCNCC1. The highest BCUT2D eigenvalue weighted by Crippen LogP contribution is 2.18. The van der Waals surface area contributed by atoms with Crippen LogP contribution in [-0.4, -0.2) is 24.6 Å². The highest BCUT2D eigenvalue weighted by molar-refractivity contribution is 7.99. The molecule has 1 nitrogen and oxygen atoms in total. The lowest BCUT2D eigenvalue weighted by Gasteiger charge is -2.21. The highest BCUT2D eigenvalue weighted by atomic mass is 32.2. The fourth-order valence-electron chi connectivity index (χ4n) is 1.75. The molecule has 0 saturated carbocycles. The Balaban J connectivity index is 1.86. The molecule has 78 valence electrons. The van der Waals surface area contributed by atoms with Gasteiger partial charge >= 0.3 is 0 Å². The zero-order valence-corrected chi connectivity index (χ0v) is 9.67. The molecule has 0 unspecified atom stereocenters. The summed E-state index contributed by atoms with van der Waals surface area (Å²) in [4.78, 5) is 0. The van der Waals surface area contributed by atoms with E-state index in [1.54, 1.807) is 0 Å². The predicted octanol–water partition coefficient (Wildman–Crippen LogP) is 2.91. The van der Waals surface area contributed by atoms with E-state index in [2.05, 4.69) is 24.0 Å². The first kappa shape index (κ1) is 11.4. The van der Waals surface area contributed by atoms with Gasteiger partial charge in [0.2, 0.25) is 0 Å². The van der Waals surface area contributed by atoms with E-state index in [1.165, 1.54) is 56.7 Å². The zero-order chi connectivity index (χ0) is 9.36. The van der Waals surface area contributed by atoms with Gasteiger partial charge < -0.3 is 5.32 Å². The van der Waals surface area contributed by atoms with Crippen molar-refractivity contribution in [3.8, 4) is 0 Å². The molecule has 0 bridgehead atoms. The van der Waals surface area contributed by atoms with E-state index >= 15 is 0 Å². The van der Waals surface area contributed by atoms with Gasteiger partial charge in [0.15, 0.2) is 0 Å². The molecule has 0 spiro atoms.